The molecule has 3 heterocycles. The largest absolute Gasteiger partial charge is 0.378 e. The van der Waals surface area contributed by atoms with Gasteiger partial charge in [0.1, 0.15) is 0 Å². The van der Waals surface area contributed by atoms with Crippen molar-refractivity contribution in [3.8, 4) is 0 Å². The van der Waals surface area contributed by atoms with Gasteiger partial charge in [0.25, 0.3) is 0 Å². The van der Waals surface area contributed by atoms with E-state index in [-0.39, 0.29) is 5.28 Å². The molecule has 7 nitrogen and oxygen atoms in total. The smallest absolute Gasteiger partial charge is 0.231 e. The van der Waals surface area contributed by atoms with E-state index in [0.717, 1.165) is 25.2 Å². The van der Waals surface area contributed by atoms with Crippen LogP contribution >= 0.6 is 11.6 Å². The number of pyridine rings is 1. The summed E-state index contributed by atoms with van der Waals surface area (Å²) in [6.45, 7) is 3.54. The lowest BCUT2D eigenvalue weighted by Gasteiger charge is -2.26. The number of morpholine rings is 1. The highest BCUT2D eigenvalue weighted by molar-refractivity contribution is 6.28. The van der Waals surface area contributed by atoms with Crippen molar-refractivity contribution in [2.45, 2.75) is 6.42 Å². The van der Waals surface area contributed by atoms with E-state index in [1.165, 1.54) is 0 Å². The Bertz CT molecular complexity index is 606. The quantitative estimate of drug-likeness (QED) is 0.892. The van der Waals surface area contributed by atoms with Gasteiger partial charge in [0, 0.05) is 37.9 Å². The van der Waals surface area contributed by atoms with E-state index in [4.69, 9.17) is 16.3 Å². The molecule has 0 spiro atoms. The monoisotopic (exact) mass is 320 g/mol. The highest BCUT2D eigenvalue weighted by Gasteiger charge is 2.15. The van der Waals surface area contributed by atoms with E-state index in [2.05, 4.69) is 25.3 Å². The standard InChI is InChI=1S/C14H17ClN6O/c15-12-18-13(17-6-4-11-3-1-2-5-16-11)20-14(19-12)21-7-9-22-10-8-21/h1-3,5H,4,6-10H2,(H,17,18,19,20). The second kappa shape index (κ2) is 7.33. The molecule has 0 saturated carbocycles. The Morgan fingerprint density at radius 3 is 2.82 bits per heavy atom. The lowest BCUT2D eigenvalue weighted by Crippen LogP contribution is -2.37. The van der Waals surface area contributed by atoms with Crippen LogP contribution in [0.4, 0.5) is 11.9 Å². The second-order valence-electron chi connectivity index (χ2n) is 4.83. The summed E-state index contributed by atoms with van der Waals surface area (Å²) in [5, 5.41) is 3.36. The summed E-state index contributed by atoms with van der Waals surface area (Å²) in [5.74, 6) is 1.07. The van der Waals surface area contributed by atoms with E-state index < -0.39 is 0 Å². The van der Waals surface area contributed by atoms with Crippen molar-refractivity contribution in [3.63, 3.8) is 0 Å². The van der Waals surface area contributed by atoms with Crippen molar-refractivity contribution in [2.75, 3.05) is 43.1 Å². The van der Waals surface area contributed by atoms with Crippen LogP contribution in [0.5, 0.6) is 0 Å². The number of hydrogen-bond donors (Lipinski definition) is 1. The van der Waals surface area contributed by atoms with Crippen molar-refractivity contribution in [1.29, 1.82) is 0 Å². The zero-order chi connectivity index (χ0) is 15.2. The van der Waals surface area contributed by atoms with Gasteiger partial charge in [-0.1, -0.05) is 6.07 Å². The minimum absolute atomic E-state index is 0.192. The van der Waals surface area contributed by atoms with Crippen LogP contribution in [-0.2, 0) is 11.2 Å². The Balaban J connectivity index is 1.62. The Labute approximate surface area is 133 Å². The number of nitrogens with one attached hydrogen (secondary N) is 1. The van der Waals surface area contributed by atoms with Gasteiger partial charge in [0.15, 0.2) is 0 Å². The van der Waals surface area contributed by atoms with E-state index in [0.29, 0.717) is 31.7 Å². The van der Waals surface area contributed by atoms with Gasteiger partial charge in [-0.05, 0) is 23.7 Å². The fourth-order valence-electron chi connectivity index (χ4n) is 2.17. The van der Waals surface area contributed by atoms with Crippen molar-refractivity contribution in [3.05, 3.63) is 35.4 Å². The molecular weight excluding hydrogens is 304 g/mol. The van der Waals surface area contributed by atoms with Crippen LogP contribution in [0.1, 0.15) is 5.69 Å². The predicted octanol–water partition coefficient (Wildman–Crippen LogP) is 1.41. The molecule has 2 aromatic heterocycles. The Morgan fingerprint density at radius 1 is 1.18 bits per heavy atom. The maximum atomic E-state index is 5.99. The number of halogens is 1. The maximum Gasteiger partial charge on any atom is 0.231 e. The maximum absolute atomic E-state index is 5.99. The minimum atomic E-state index is 0.192. The van der Waals surface area contributed by atoms with Gasteiger partial charge < -0.3 is 15.0 Å². The van der Waals surface area contributed by atoms with Crippen molar-refractivity contribution in [1.82, 2.24) is 19.9 Å². The molecule has 1 aliphatic heterocycles. The van der Waals surface area contributed by atoms with Crippen LogP contribution < -0.4 is 10.2 Å². The molecule has 0 aliphatic carbocycles. The first-order chi connectivity index (χ1) is 10.8. The van der Waals surface area contributed by atoms with E-state index in [1.54, 1.807) is 6.20 Å². The van der Waals surface area contributed by atoms with Gasteiger partial charge in [0.05, 0.1) is 13.2 Å². The van der Waals surface area contributed by atoms with Crippen molar-refractivity contribution in [2.24, 2.45) is 0 Å². The molecule has 1 aliphatic rings. The van der Waals surface area contributed by atoms with Crippen molar-refractivity contribution >= 4 is 23.5 Å². The Hall–Kier alpha value is -1.99. The molecule has 0 atom stereocenters. The molecule has 2 aromatic rings. The summed E-state index contributed by atoms with van der Waals surface area (Å²) >= 11 is 5.99. The first-order valence-corrected chi connectivity index (χ1v) is 7.57. The third kappa shape index (κ3) is 4.02. The van der Waals surface area contributed by atoms with Gasteiger partial charge in [-0.2, -0.15) is 15.0 Å². The van der Waals surface area contributed by atoms with Crippen LogP contribution in [0.2, 0.25) is 5.28 Å². The summed E-state index contributed by atoms with van der Waals surface area (Å²) in [6.07, 6.45) is 2.57. The van der Waals surface area contributed by atoms with Crippen LogP contribution in [0, 0.1) is 0 Å². The molecule has 8 heteroatoms. The number of hydrogen-bond acceptors (Lipinski definition) is 7. The molecule has 1 N–H and O–H groups in total. The van der Waals surface area contributed by atoms with Crippen LogP contribution in [-0.4, -0.2) is 52.8 Å². The molecule has 0 aromatic carbocycles. The molecule has 1 fully saturated rings. The first kappa shape index (κ1) is 14.9. The van der Waals surface area contributed by atoms with E-state index >= 15 is 0 Å². The lowest BCUT2D eigenvalue weighted by molar-refractivity contribution is 0.122. The van der Waals surface area contributed by atoms with E-state index in [1.807, 2.05) is 23.1 Å². The van der Waals surface area contributed by atoms with Crippen LogP contribution in [0.15, 0.2) is 24.4 Å². The second-order valence-corrected chi connectivity index (χ2v) is 5.16. The number of rotatable bonds is 5. The number of ether oxygens (including phenoxy) is 1. The Kier molecular flexibility index (Phi) is 4.97. The number of anilines is 2. The predicted molar refractivity (Wildman–Crippen MR) is 84.3 cm³/mol. The fourth-order valence-corrected chi connectivity index (χ4v) is 2.33. The summed E-state index contributed by atoms with van der Waals surface area (Å²) in [5.41, 5.74) is 1.02. The average Bonchev–Trinajstić information content (AvgIpc) is 2.56. The highest BCUT2D eigenvalue weighted by atomic mass is 35.5. The summed E-state index contributed by atoms with van der Waals surface area (Å²) < 4.78 is 5.33. The molecule has 0 amide bonds. The molecule has 22 heavy (non-hydrogen) atoms. The topological polar surface area (TPSA) is 76.1 Å². The summed E-state index contributed by atoms with van der Waals surface area (Å²) in [7, 11) is 0. The zero-order valence-corrected chi connectivity index (χ0v) is 12.8. The van der Waals surface area contributed by atoms with Gasteiger partial charge in [-0.25, -0.2) is 0 Å². The van der Waals surface area contributed by atoms with Crippen molar-refractivity contribution < 1.29 is 4.74 Å². The lowest BCUT2D eigenvalue weighted by atomic mass is 10.3. The van der Waals surface area contributed by atoms with Crippen LogP contribution in [0.25, 0.3) is 0 Å². The summed E-state index contributed by atoms with van der Waals surface area (Å²) in [4.78, 5) is 19.0. The first-order valence-electron chi connectivity index (χ1n) is 7.19. The molecule has 0 bridgehead atoms. The SMILES string of the molecule is Clc1nc(NCCc2ccccn2)nc(N2CCOCC2)n1. The number of nitrogens with zero attached hydrogens (tertiary/aromatic N) is 5. The Morgan fingerprint density at radius 2 is 2.05 bits per heavy atom. The fraction of sp³-hybridized carbons (Fsp3) is 0.429. The van der Waals surface area contributed by atoms with Crippen LogP contribution in [0.3, 0.4) is 0 Å². The third-order valence-electron chi connectivity index (χ3n) is 3.28. The minimum Gasteiger partial charge on any atom is -0.378 e. The number of aromatic nitrogens is 4. The molecule has 3 rings (SSSR count). The average molecular weight is 321 g/mol. The van der Waals surface area contributed by atoms with Gasteiger partial charge in [-0.15, -0.1) is 0 Å². The van der Waals surface area contributed by atoms with Gasteiger partial charge in [0.2, 0.25) is 17.2 Å². The molecule has 116 valence electrons. The van der Waals surface area contributed by atoms with E-state index in [9.17, 15) is 0 Å². The van der Waals surface area contributed by atoms with Gasteiger partial charge in [-0.3, -0.25) is 4.98 Å². The highest BCUT2D eigenvalue weighted by Crippen LogP contribution is 2.15. The zero-order valence-electron chi connectivity index (χ0n) is 12.1. The molecule has 1 saturated heterocycles. The normalized spacial score (nSPS) is 14.9. The molecule has 0 radical (unpaired) electrons. The molecule has 0 unspecified atom stereocenters. The van der Waals surface area contributed by atoms with Gasteiger partial charge >= 0.3 is 0 Å². The third-order valence-corrected chi connectivity index (χ3v) is 3.45. The summed E-state index contributed by atoms with van der Waals surface area (Å²) in [6, 6.07) is 5.86. The molecular formula is C14H17ClN6O.